The second-order valence-corrected chi connectivity index (χ2v) is 4.60. The number of hydrogen-bond donors (Lipinski definition) is 0. The van der Waals surface area contributed by atoms with Gasteiger partial charge >= 0.3 is 6.18 Å². The van der Waals surface area contributed by atoms with Crippen LogP contribution in [0.4, 0.5) is 17.6 Å². The van der Waals surface area contributed by atoms with Gasteiger partial charge in [0.2, 0.25) is 5.91 Å². The molecule has 0 saturated carbocycles. The van der Waals surface area contributed by atoms with E-state index in [1.807, 2.05) is 0 Å². The fourth-order valence-corrected chi connectivity index (χ4v) is 1.98. The lowest BCUT2D eigenvalue weighted by atomic mass is 10.1. The molecular formula is C13H13F4NO2. The van der Waals surface area contributed by atoms with Crippen LogP contribution in [0.2, 0.25) is 0 Å². The fourth-order valence-electron chi connectivity index (χ4n) is 1.98. The van der Waals surface area contributed by atoms with Crippen molar-refractivity contribution in [3.05, 3.63) is 29.6 Å². The zero-order valence-electron chi connectivity index (χ0n) is 10.7. The topological polar surface area (TPSA) is 29.5 Å². The van der Waals surface area contributed by atoms with Crippen LogP contribution in [0.5, 0.6) is 5.75 Å². The van der Waals surface area contributed by atoms with Gasteiger partial charge in [0.15, 0.2) is 11.6 Å². The highest BCUT2D eigenvalue weighted by molar-refractivity contribution is 5.79. The molecule has 20 heavy (non-hydrogen) atoms. The van der Waals surface area contributed by atoms with Gasteiger partial charge in [-0.1, -0.05) is 12.1 Å². The van der Waals surface area contributed by atoms with Gasteiger partial charge in [-0.25, -0.2) is 4.39 Å². The van der Waals surface area contributed by atoms with Crippen molar-refractivity contribution >= 4 is 5.91 Å². The average molecular weight is 291 g/mol. The number of alkyl halides is 3. The van der Waals surface area contributed by atoms with E-state index in [0.29, 0.717) is 5.56 Å². The summed E-state index contributed by atoms with van der Waals surface area (Å²) in [7, 11) is 0. The predicted octanol–water partition coefficient (Wildman–Crippen LogP) is 2.75. The number of carbonyl (C=O) groups excluding carboxylic acids is 1. The van der Waals surface area contributed by atoms with Crippen LogP contribution in [0.25, 0.3) is 0 Å². The third-order valence-corrected chi connectivity index (χ3v) is 3.19. The number of carbonyl (C=O) groups is 1. The number of ether oxygens (including phenoxy) is 1. The monoisotopic (exact) mass is 291 g/mol. The van der Waals surface area contributed by atoms with E-state index < -0.39 is 23.8 Å². The Labute approximate surface area is 113 Å². The normalized spacial score (nSPS) is 16.9. The minimum Gasteiger partial charge on any atom is -0.488 e. The maximum absolute atomic E-state index is 13.5. The molecule has 0 bridgehead atoms. The van der Waals surface area contributed by atoms with Gasteiger partial charge in [0.1, 0.15) is 12.5 Å². The number of rotatable bonds is 1. The SMILES string of the molecule is CC(C(=O)N1CCOc2c(F)cccc2C1)C(F)(F)F. The molecule has 0 saturated heterocycles. The summed E-state index contributed by atoms with van der Waals surface area (Å²) in [6.45, 7) is 0.685. The van der Waals surface area contributed by atoms with Crippen molar-refractivity contribution < 1.29 is 27.1 Å². The maximum atomic E-state index is 13.5. The minimum absolute atomic E-state index is 0.00228. The highest BCUT2D eigenvalue weighted by Gasteiger charge is 2.43. The van der Waals surface area contributed by atoms with Gasteiger partial charge in [0.25, 0.3) is 0 Å². The van der Waals surface area contributed by atoms with Gasteiger partial charge in [-0.2, -0.15) is 13.2 Å². The maximum Gasteiger partial charge on any atom is 0.400 e. The van der Waals surface area contributed by atoms with Crippen LogP contribution in [0.3, 0.4) is 0 Å². The van der Waals surface area contributed by atoms with Crippen LogP contribution in [0, 0.1) is 11.7 Å². The first-order valence-corrected chi connectivity index (χ1v) is 6.06. The second-order valence-electron chi connectivity index (χ2n) is 4.60. The Morgan fingerprint density at radius 3 is 2.75 bits per heavy atom. The molecule has 1 heterocycles. The zero-order chi connectivity index (χ0) is 14.9. The van der Waals surface area contributed by atoms with Crippen LogP contribution in [0.15, 0.2) is 18.2 Å². The molecule has 1 unspecified atom stereocenters. The average Bonchev–Trinajstić information content (AvgIpc) is 2.59. The predicted molar refractivity (Wildman–Crippen MR) is 62.5 cm³/mol. The van der Waals surface area contributed by atoms with Crippen LogP contribution >= 0.6 is 0 Å². The van der Waals surface area contributed by atoms with Crippen molar-refractivity contribution in [2.75, 3.05) is 13.2 Å². The Kier molecular flexibility index (Phi) is 3.87. The summed E-state index contributed by atoms with van der Waals surface area (Å²) in [6.07, 6.45) is -4.59. The molecule has 1 atom stereocenters. The van der Waals surface area contributed by atoms with E-state index in [0.717, 1.165) is 11.8 Å². The first kappa shape index (κ1) is 14.6. The Morgan fingerprint density at radius 2 is 2.10 bits per heavy atom. The summed E-state index contributed by atoms with van der Waals surface area (Å²) in [5.74, 6) is -3.70. The highest BCUT2D eigenvalue weighted by Crippen LogP contribution is 2.30. The van der Waals surface area contributed by atoms with E-state index in [1.54, 1.807) is 0 Å². The quantitative estimate of drug-likeness (QED) is 0.745. The molecule has 3 nitrogen and oxygen atoms in total. The molecule has 0 fully saturated rings. The minimum atomic E-state index is -4.59. The van der Waals surface area contributed by atoms with E-state index in [2.05, 4.69) is 0 Å². The molecular weight excluding hydrogens is 278 g/mol. The number of para-hydroxylation sites is 1. The largest absolute Gasteiger partial charge is 0.488 e. The van der Waals surface area contributed by atoms with Crippen molar-refractivity contribution in [1.82, 2.24) is 4.90 Å². The smallest absolute Gasteiger partial charge is 0.400 e. The van der Waals surface area contributed by atoms with Crippen molar-refractivity contribution in [2.24, 2.45) is 5.92 Å². The van der Waals surface area contributed by atoms with Crippen molar-refractivity contribution in [3.8, 4) is 5.75 Å². The standard InChI is InChI=1S/C13H13F4NO2/c1-8(13(15,16)17)12(19)18-5-6-20-11-9(7-18)3-2-4-10(11)14/h2-4,8H,5-7H2,1H3. The number of benzene rings is 1. The third-order valence-electron chi connectivity index (χ3n) is 3.19. The summed E-state index contributed by atoms with van der Waals surface area (Å²) in [6, 6.07) is 4.16. The number of nitrogens with zero attached hydrogens (tertiary/aromatic N) is 1. The Hall–Kier alpha value is -1.79. The lowest BCUT2D eigenvalue weighted by Gasteiger charge is -2.24. The molecule has 1 aliphatic rings. The van der Waals surface area contributed by atoms with Crippen molar-refractivity contribution in [3.63, 3.8) is 0 Å². The van der Waals surface area contributed by atoms with E-state index in [1.165, 1.54) is 18.2 Å². The van der Waals surface area contributed by atoms with Crippen LogP contribution in [-0.4, -0.2) is 30.1 Å². The van der Waals surface area contributed by atoms with Crippen molar-refractivity contribution in [1.29, 1.82) is 0 Å². The van der Waals surface area contributed by atoms with Gasteiger partial charge < -0.3 is 9.64 Å². The molecule has 1 aromatic rings. The zero-order valence-corrected chi connectivity index (χ0v) is 10.7. The van der Waals surface area contributed by atoms with Crippen LogP contribution < -0.4 is 4.74 Å². The second kappa shape index (κ2) is 5.30. The molecule has 0 aliphatic carbocycles. The summed E-state index contributed by atoms with van der Waals surface area (Å²) in [4.78, 5) is 12.9. The van der Waals surface area contributed by atoms with E-state index in [-0.39, 0.29) is 25.4 Å². The molecule has 0 radical (unpaired) electrons. The number of halogens is 4. The van der Waals surface area contributed by atoms with Gasteiger partial charge in [-0.05, 0) is 13.0 Å². The highest BCUT2D eigenvalue weighted by atomic mass is 19.4. The number of amides is 1. The molecule has 0 aromatic heterocycles. The number of fused-ring (bicyclic) bond motifs is 1. The fraction of sp³-hybridized carbons (Fsp3) is 0.462. The van der Waals surface area contributed by atoms with Gasteiger partial charge in [-0.3, -0.25) is 4.79 Å². The van der Waals surface area contributed by atoms with E-state index in [4.69, 9.17) is 4.74 Å². The first-order valence-electron chi connectivity index (χ1n) is 6.06. The van der Waals surface area contributed by atoms with Crippen LogP contribution in [-0.2, 0) is 11.3 Å². The first-order chi connectivity index (χ1) is 9.30. The molecule has 0 N–H and O–H groups in total. The Balaban J connectivity index is 2.22. The summed E-state index contributed by atoms with van der Waals surface area (Å²) >= 11 is 0. The van der Waals surface area contributed by atoms with Gasteiger partial charge in [0.05, 0.1) is 6.54 Å². The van der Waals surface area contributed by atoms with E-state index >= 15 is 0 Å². The molecule has 110 valence electrons. The molecule has 1 amide bonds. The molecule has 1 aromatic carbocycles. The lowest BCUT2D eigenvalue weighted by Crippen LogP contribution is -2.41. The summed E-state index contributed by atoms with van der Waals surface area (Å²) < 4.78 is 56.4. The molecule has 1 aliphatic heterocycles. The molecule has 2 rings (SSSR count). The van der Waals surface area contributed by atoms with Gasteiger partial charge in [-0.15, -0.1) is 0 Å². The number of hydrogen-bond acceptors (Lipinski definition) is 2. The van der Waals surface area contributed by atoms with Crippen LogP contribution in [0.1, 0.15) is 12.5 Å². The van der Waals surface area contributed by atoms with Gasteiger partial charge in [0, 0.05) is 12.1 Å². The lowest BCUT2D eigenvalue weighted by molar-refractivity contribution is -0.185. The molecule has 7 heteroatoms. The van der Waals surface area contributed by atoms with E-state index in [9.17, 15) is 22.4 Å². The summed E-state index contributed by atoms with van der Waals surface area (Å²) in [5, 5.41) is 0. The third kappa shape index (κ3) is 2.86. The Morgan fingerprint density at radius 1 is 1.40 bits per heavy atom. The molecule has 0 spiro atoms. The van der Waals surface area contributed by atoms with Crippen molar-refractivity contribution in [2.45, 2.75) is 19.6 Å². The summed E-state index contributed by atoms with van der Waals surface area (Å²) in [5.41, 5.74) is 0.366. The Bertz CT molecular complexity index is 516.